The number of urea groups is 1. The molecule has 0 spiro atoms. The van der Waals surface area contributed by atoms with Gasteiger partial charge in [0.1, 0.15) is 24.1 Å². The van der Waals surface area contributed by atoms with Crippen molar-refractivity contribution >= 4 is 34.6 Å². The number of nitrogens with zero attached hydrogens (tertiary/aromatic N) is 4. The molecule has 1 fully saturated rings. The molecule has 1 aromatic heterocycles. The topological polar surface area (TPSA) is 107 Å². The molecule has 1 aliphatic rings. The predicted molar refractivity (Wildman–Crippen MR) is 155 cm³/mol. The third-order valence-corrected chi connectivity index (χ3v) is 7.55. The Balaban J connectivity index is 1.38. The number of pyridine rings is 1. The normalized spacial score (nSPS) is 14.4. The lowest BCUT2D eigenvalue weighted by atomic mass is 10.1. The molecule has 1 aliphatic heterocycles. The predicted octanol–water partition coefficient (Wildman–Crippen LogP) is 4.13. The van der Waals surface area contributed by atoms with Crippen LogP contribution in [0.15, 0.2) is 48.7 Å². The van der Waals surface area contributed by atoms with Crippen LogP contribution >= 0.6 is 0 Å². The number of carbonyl (C=O) groups excluding carboxylic acids is 3. The highest BCUT2D eigenvalue weighted by molar-refractivity contribution is 5.89. The van der Waals surface area contributed by atoms with Gasteiger partial charge in [0.2, 0.25) is 5.91 Å². The number of rotatable bonds is 9. The third kappa shape index (κ3) is 8.12. The highest BCUT2D eigenvalue weighted by atomic mass is 19.1. The van der Waals surface area contributed by atoms with E-state index in [1.54, 1.807) is 37.1 Å². The molecular formula is C30H36F2N6O4. The Morgan fingerprint density at radius 2 is 1.83 bits per heavy atom. The number of likely N-dealkylation sites (N-methyl/N-ethyl adjacent to an activating group) is 2. The van der Waals surface area contributed by atoms with Gasteiger partial charge in [-0.05, 0) is 67.2 Å². The molecule has 2 aromatic carbocycles. The van der Waals surface area contributed by atoms with Crippen LogP contribution in [0.2, 0.25) is 0 Å². The molecular weight excluding hydrogens is 546 g/mol. The number of anilines is 1. The Morgan fingerprint density at radius 1 is 1.07 bits per heavy atom. The molecule has 224 valence electrons. The van der Waals surface area contributed by atoms with E-state index in [9.17, 15) is 23.2 Å². The van der Waals surface area contributed by atoms with Crippen LogP contribution in [0.3, 0.4) is 0 Å². The van der Waals surface area contributed by atoms with Crippen molar-refractivity contribution in [2.24, 2.45) is 0 Å². The van der Waals surface area contributed by atoms with Crippen LogP contribution in [0.4, 0.5) is 24.2 Å². The van der Waals surface area contributed by atoms with Gasteiger partial charge >= 0.3 is 12.1 Å². The average molecular weight is 583 g/mol. The smallest absolute Gasteiger partial charge is 0.412 e. The van der Waals surface area contributed by atoms with Crippen molar-refractivity contribution in [3.63, 3.8) is 0 Å². The first-order valence-electron chi connectivity index (χ1n) is 13.8. The summed E-state index contributed by atoms with van der Waals surface area (Å²) in [6.07, 6.45) is 1.13. The molecule has 2 N–H and O–H groups in total. The van der Waals surface area contributed by atoms with Crippen LogP contribution in [0.25, 0.3) is 10.8 Å². The van der Waals surface area contributed by atoms with E-state index < -0.39 is 24.0 Å². The molecule has 0 saturated carbocycles. The number of halogens is 2. The average Bonchev–Trinajstić information content (AvgIpc) is 2.97. The van der Waals surface area contributed by atoms with Gasteiger partial charge in [-0.3, -0.25) is 10.1 Å². The molecule has 0 radical (unpaired) electrons. The molecule has 0 unspecified atom stereocenters. The summed E-state index contributed by atoms with van der Waals surface area (Å²) in [5.74, 6) is -0.628. The zero-order valence-electron chi connectivity index (χ0n) is 24.0. The number of aromatic nitrogens is 1. The molecule has 3 aromatic rings. The molecule has 0 aliphatic carbocycles. The van der Waals surface area contributed by atoms with Gasteiger partial charge in [0.25, 0.3) is 0 Å². The number of benzene rings is 2. The van der Waals surface area contributed by atoms with Crippen molar-refractivity contribution in [3.05, 3.63) is 71.4 Å². The summed E-state index contributed by atoms with van der Waals surface area (Å²) < 4.78 is 33.0. The maximum absolute atomic E-state index is 13.9. The second kappa shape index (κ2) is 14.0. The molecule has 2 heterocycles. The van der Waals surface area contributed by atoms with E-state index in [1.165, 1.54) is 35.4 Å². The highest BCUT2D eigenvalue weighted by Gasteiger charge is 2.25. The van der Waals surface area contributed by atoms with Gasteiger partial charge in [0.15, 0.2) is 0 Å². The summed E-state index contributed by atoms with van der Waals surface area (Å²) in [5, 5.41) is 6.57. The van der Waals surface area contributed by atoms with Gasteiger partial charge in [0.05, 0.1) is 6.04 Å². The Labute approximate surface area is 243 Å². The molecule has 1 saturated heterocycles. The maximum Gasteiger partial charge on any atom is 0.412 e. The second-order valence-corrected chi connectivity index (χ2v) is 10.5. The van der Waals surface area contributed by atoms with E-state index in [0.717, 1.165) is 13.1 Å². The van der Waals surface area contributed by atoms with E-state index in [0.29, 0.717) is 35.0 Å². The first-order valence-corrected chi connectivity index (χ1v) is 13.8. The van der Waals surface area contributed by atoms with E-state index in [1.807, 2.05) is 7.05 Å². The first kappa shape index (κ1) is 30.6. The fourth-order valence-electron chi connectivity index (χ4n) is 4.69. The Hall–Kier alpha value is -4.32. The van der Waals surface area contributed by atoms with Crippen molar-refractivity contribution in [1.29, 1.82) is 0 Å². The summed E-state index contributed by atoms with van der Waals surface area (Å²) >= 11 is 0. The lowest BCUT2D eigenvalue weighted by molar-refractivity contribution is -0.133. The fraction of sp³-hybridized carbons (Fsp3) is 0.400. The molecule has 10 nitrogen and oxygen atoms in total. The number of carbonyl (C=O) groups is 3. The summed E-state index contributed by atoms with van der Waals surface area (Å²) in [6.45, 7) is 4.39. The van der Waals surface area contributed by atoms with Gasteiger partial charge in [-0.2, -0.15) is 0 Å². The molecule has 4 amide bonds. The first-order chi connectivity index (χ1) is 20.1. The number of fused-ring (bicyclic) bond motifs is 1. The minimum Gasteiger partial charge on any atom is -0.447 e. The second-order valence-electron chi connectivity index (χ2n) is 10.5. The monoisotopic (exact) mass is 582 g/mol. The fourth-order valence-corrected chi connectivity index (χ4v) is 4.69. The van der Waals surface area contributed by atoms with Crippen molar-refractivity contribution < 1.29 is 27.9 Å². The SMILES string of the molecule is Cc1c(F)cccc1CNC(=O)N(C)[C@@H](CCC(=O)N1CCN(C)CC1)COC(=O)Nc1cc2cc(F)ccc2cn1. The van der Waals surface area contributed by atoms with Crippen LogP contribution in [-0.2, 0) is 16.1 Å². The van der Waals surface area contributed by atoms with Gasteiger partial charge in [0, 0.05) is 57.8 Å². The van der Waals surface area contributed by atoms with Crippen molar-refractivity contribution in [2.45, 2.75) is 32.4 Å². The largest absolute Gasteiger partial charge is 0.447 e. The van der Waals surface area contributed by atoms with E-state index in [-0.39, 0.29) is 43.5 Å². The van der Waals surface area contributed by atoms with Crippen LogP contribution in [0, 0.1) is 18.6 Å². The number of nitrogens with one attached hydrogen (secondary N) is 2. The number of hydrogen-bond donors (Lipinski definition) is 2. The van der Waals surface area contributed by atoms with Crippen molar-refractivity contribution in [2.75, 3.05) is 52.2 Å². The van der Waals surface area contributed by atoms with Crippen molar-refractivity contribution in [1.82, 2.24) is 25.0 Å². The van der Waals surface area contributed by atoms with E-state index >= 15 is 0 Å². The Morgan fingerprint density at radius 3 is 2.60 bits per heavy atom. The number of piperazine rings is 1. The lowest BCUT2D eigenvalue weighted by Crippen LogP contribution is -2.48. The van der Waals surface area contributed by atoms with Gasteiger partial charge in [-0.15, -0.1) is 0 Å². The molecule has 4 rings (SSSR count). The molecule has 42 heavy (non-hydrogen) atoms. The van der Waals surface area contributed by atoms with Crippen molar-refractivity contribution in [3.8, 4) is 0 Å². The van der Waals surface area contributed by atoms with Crippen LogP contribution < -0.4 is 10.6 Å². The van der Waals surface area contributed by atoms with Gasteiger partial charge in [-0.1, -0.05) is 12.1 Å². The zero-order chi connectivity index (χ0) is 30.2. The zero-order valence-corrected chi connectivity index (χ0v) is 24.0. The molecule has 1 atom stereocenters. The summed E-state index contributed by atoms with van der Waals surface area (Å²) in [7, 11) is 3.56. The number of amides is 4. The minimum absolute atomic E-state index is 0.0330. The van der Waals surface area contributed by atoms with Gasteiger partial charge in [-0.25, -0.2) is 23.4 Å². The molecule has 12 heteroatoms. The Bertz CT molecular complexity index is 1430. The maximum atomic E-state index is 13.9. The summed E-state index contributed by atoms with van der Waals surface area (Å²) in [4.78, 5) is 48.1. The van der Waals surface area contributed by atoms with E-state index in [2.05, 4.69) is 20.5 Å². The standard InChI is InChI=1S/C30H36F2N6O4/c1-20-21(5-4-6-26(20)32)17-34-29(40)37(3)25(9-10-28(39)38-13-11-36(2)12-14-38)19-42-30(41)35-27-16-23-15-24(31)8-7-22(23)18-33-27/h4-8,15-16,18,25H,9-14,17,19H2,1-3H3,(H,34,40)(H,33,35,41)/t25-/m0/s1. The third-order valence-electron chi connectivity index (χ3n) is 7.55. The number of ether oxygens (including phenoxy) is 1. The van der Waals surface area contributed by atoms with Crippen LogP contribution in [-0.4, -0.2) is 90.6 Å². The summed E-state index contributed by atoms with van der Waals surface area (Å²) in [6, 6.07) is 9.35. The lowest BCUT2D eigenvalue weighted by Gasteiger charge is -2.33. The van der Waals surface area contributed by atoms with Crippen LogP contribution in [0.5, 0.6) is 0 Å². The van der Waals surface area contributed by atoms with Crippen LogP contribution in [0.1, 0.15) is 24.0 Å². The summed E-state index contributed by atoms with van der Waals surface area (Å²) in [5.41, 5.74) is 1.08. The Kier molecular flexibility index (Phi) is 10.2. The highest BCUT2D eigenvalue weighted by Crippen LogP contribution is 2.18. The van der Waals surface area contributed by atoms with E-state index in [4.69, 9.17) is 4.74 Å². The van der Waals surface area contributed by atoms with Gasteiger partial charge < -0.3 is 24.8 Å². The molecule has 0 bridgehead atoms. The quantitative estimate of drug-likeness (QED) is 0.393. The minimum atomic E-state index is -0.808. The number of hydrogen-bond acceptors (Lipinski definition) is 6.